The number of H-pyrrole nitrogens is 2. The van der Waals surface area contributed by atoms with Crippen LogP contribution in [0.4, 0.5) is 0 Å². The standard InChI is InChI=1S/C51H48N2O10/c1-58-39-23-15-34(16-24-39)49(33-11-7-5-8-12-33,35-17-25-40(59-2)26-18-35)51(57)44(63-45(46(51)54)43-31-52-48(56)53-47(43)55)32-62-50(36-13-9-6-10-14-36,37-19-27-41(60-3)28-20-37)38-21-29-42(61-4)30-22-38/h5-31,44-46,54,57H,32H2,1-4H3,(H2,52,53,55,56)/t44-,45+,46+,51-/m1/s1. The molecular formula is C51H48N2O10. The van der Waals surface area contributed by atoms with Crippen LogP contribution in [0.5, 0.6) is 23.0 Å². The van der Waals surface area contributed by atoms with Crippen molar-refractivity contribution < 1.29 is 38.6 Å². The van der Waals surface area contributed by atoms with Gasteiger partial charge in [0.1, 0.15) is 52.5 Å². The lowest BCUT2D eigenvalue weighted by Gasteiger charge is -2.50. The molecule has 8 rings (SSSR count). The molecule has 4 atom stereocenters. The molecule has 12 heteroatoms. The van der Waals surface area contributed by atoms with Crippen LogP contribution in [-0.4, -0.2) is 73.0 Å². The molecule has 1 fully saturated rings. The second-order valence-corrected chi connectivity index (χ2v) is 15.2. The van der Waals surface area contributed by atoms with E-state index in [9.17, 15) is 19.8 Å². The molecule has 322 valence electrons. The van der Waals surface area contributed by atoms with Crippen LogP contribution in [0.15, 0.2) is 174 Å². The zero-order valence-electron chi connectivity index (χ0n) is 35.2. The Bertz CT molecular complexity index is 2630. The maximum atomic E-state index is 14.3. The summed E-state index contributed by atoms with van der Waals surface area (Å²) in [5.74, 6) is 2.39. The molecule has 2 heterocycles. The lowest BCUT2D eigenvalue weighted by molar-refractivity contribution is -0.144. The van der Waals surface area contributed by atoms with E-state index >= 15 is 0 Å². The summed E-state index contributed by atoms with van der Waals surface area (Å²) in [6.45, 7) is -0.362. The van der Waals surface area contributed by atoms with Gasteiger partial charge in [0, 0.05) is 6.20 Å². The maximum absolute atomic E-state index is 14.3. The molecule has 1 aromatic heterocycles. The normalized spacial score (nSPS) is 18.7. The molecule has 63 heavy (non-hydrogen) atoms. The molecule has 7 aromatic rings. The van der Waals surface area contributed by atoms with Crippen LogP contribution in [0, 0.1) is 0 Å². The van der Waals surface area contributed by atoms with Crippen LogP contribution in [-0.2, 0) is 20.5 Å². The van der Waals surface area contributed by atoms with Gasteiger partial charge in [0.25, 0.3) is 5.56 Å². The van der Waals surface area contributed by atoms with E-state index in [1.807, 2.05) is 133 Å². The SMILES string of the molecule is COc1ccc(C(OC[C@H]2O[C@@H](c3c[nH]c(=O)[nH]c3=O)[C@H](O)[C@@]2(O)C(c2ccccc2)(c2ccc(OC)cc2)c2ccc(OC)cc2)(c2ccccc2)c2ccc(OC)cc2)cc1. The number of hydrogen-bond donors (Lipinski definition) is 4. The first kappa shape index (κ1) is 42.7. The molecule has 1 saturated heterocycles. The van der Waals surface area contributed by atoms with E-state index < -0.39 is 46.2 Å². The zero-order valence-corrected chi connectivity index (χ0v) is 35.2. The smallest absolute Gasteiger partial charge is 0.325 e. The van der Waals surface area contributed by atoms with E-state index in [1.165, 1.54) is 6.20 Å². The molecule has 0 spiro atoms. The van der Waals surface area contributed by atoms with Gasteiger partial charge in [-0.1, -0.05) is 109 Å². The first-order valence-electron chi connectivity index (χ1n) is 20.3. The van der Waals surface area contributed by atoms with Gasteiger partial charge in [0.2, 0.25) is 0 Å². The minimum atomic E-state index is -2.37. The molecule has 0 unspecified atom stereocenters. The number of methoxy groups -OCH3 is 4. The van der Waals surface area contributed by atoms with Crippen molar-refractivity contribution in [3.05, 3.63) is 224 Å². The predicted molar refractivity (Wildman–Crippen MR) is 237 cm³/mol. The third-order valence-corrected chi connectivity index (χ3v) is 12.2. The van der Waals surface area contributed by atoms with Crippen LogP contribution in [0.3, 0.4) is 0 Å². The van der Waals surface area contributed by atoms with Crippen molar-refractivity contribution in [2.45, 2.75) is 34.9 Å². The monoisotopic (exact) mass is 848 g/mol. The number of benzene rings is 6. The van der Waals surface area contributed by atoms with Gasteiger partial charge in [0.15, 0.2) is 0 Å². The summed E-state index contributed by atoms with van der Waals surface area (Å²) in [4.78, 5) is 30.7. The van der Waals surface area contributed by atoms with Gasteiger partial charge in [-0.05, 0) is 81.9 Å². The van der Waals surface area contributed by atoms with Crippen molar-refractivity contribution in [1.82, 2.24) is 9.97 Å². The van der Waals surface area contributed by atoms with Gasteiger partial charge in [0.05, 0.1) is 46.0 Å². The average Bonchev–Trinajstić information content (AvgIpc) is 3.59. The Hall–Kier alpha value is -6.96. The third kappa shape index (κ3) is 7.36. The molecule has 12 nitrogen and oxygen atoms in total. The highest BCUT2D eigenvalue weighted by Crippen LogP contribution is 2.57. The Morgan fingerprint density at radius 2 is 0.952 bits per heavy atom. The molecule has 1 aliphatic heterocycles. The summed E-state index contributed by atoms with van der Waals surface area (Å²) in [5, 5.41) is 27.4. The van der Waals surface area contributed by atoms with Crippen molar-refractivity contribution in [3.8, 4) is 23.0 Å². The lowest BCUT2D eigenvalue weighted by Crippen LogP contribution is -2.65. The van der Waals surface area contributed by atoms with Crippen LogP contribution >= 0.6 is 0 Å². The largest absolute Gasteiger partial charge is 0.497 e. The number of ether oxygens (including phenoxy) is 6. The number of nitrogens with one attached hydrogen (secondary N) is 2. The highest BCUT2D eigenvalue weighted by Gasteiger charge is 2.68. The van der Waals surface area contributed by atoms with Crippen LogP contribution in [0.25, 0.3) is 0 Å². The van der Waals surface area contributed by atoms with Crippen molar-refractivity contribution >= 4 is 0 Å². The van der Waals surface area contributed by atoms with Crippen molar-refractivity contribution in [2.24, 2.45) is 0 Å². The quantitative estimate of drug-likeness (QED) is 0.0821. The van der Waals surface area contributed by atoms with Gasteiger partial charge in [-0.25, -0.2) is 4.79 Å². The molecule has 0 bridgehead atoms. The van der Waals surface area contributed by atoms with E-state index in [-0.39, 0.29) is 12.2 Å². The Balaban J connectivity index is 1.42. The third-order valence-electron chi connectivity index (χ3n) is 12.2. The highest BCUT2D eigenvalue weighted by molar-refractivity contribution is 5.58. The Kier molecular flexibility index (Phi) is 12.1. The molecule has 0 radical (unpaired) electrons. The number of hydrogen-bond acceptors (Lipinski definition) is 10. The summed E-state index contributed by atoms with van der Waals surface area (Å²) >= 11 is 0. The van der Waals surface area contributed by atoms with Crippen LogP contribution in [0.1, 0.15) is 45.0 Å². The Morgan fingerprint density at radius 1 is 0.571 bits per heavy atom. The van der Waals surface area contributed by atoms with Gasteiger partial charge in [-0.2, -0.15) is 0 Å². The first-order chi connectivity index (χ1) is 30.6. The Labute approximate surface area is 364 Å². The predicted octanol–water partition coefficient (Wildman–Crippen LogP) is 6.67. The minimum Gasteiger partial charge on any atom is -0.497 e. The lowest BCUT2D eigenvalue weighted by atomic mass is 9.56. The molecule has 1 aliphatic rings. The van der Waals surface area contributed by atoms with Crippen LogP contribution in [0.2, 0.25) is 0 Å². The molecular weight excluding hydrogens is 801 g/mol. The molecule has 6 aromatic carbocycles. The zero-order chi connectivity index (χ0) is 44.2. The van der Waals surface area contributed by atoms with Crippen molar-refractivity contribution in [3.63, 3.8) is 0 Å². The van der Waals surface area contributed by atoms with Gasteiger partial charge in [-0.15, -0.1) is 0 Å². The Morgan fingerprint density at radius 3 is 1.37 bits per heavy atom. The topological polar surface area (TPSA) is 162 Å². The summed E-state index contributed by atoms with van der Waals surface area (Å²) in [6.07, 6.45) is -3.52. The van der Waals surface area contributed by atoms with E-state index in [0.29, 0.717) is 39.7 Å². The first-order valence-corrected chi connectivity index (χ1v) is 20.3. The summed E-state index contributed by atoms with van der Waals surface area (Å²) in [6, 6.07) is 48.5. The number of aromatic amines is 2. The molecule has 0 aliphatic carbocycles. The van der Waals surface area contributed by atoms with Gasteiger partial charge < -0.3 is 43.6 Å². The fraction of sp³-hybridized carbons (Fsp3) is 0.216. The van der Waals surface area contributed by atoms with Crippen molar-refractivity contribution in [2.75, 3.05) is 35.0 Å². The fourth-order valence-electron chi connectivity index (χ4n) is 9.12. The van der Waals surface area contributed by atoms with E-state index in [1.54, 1.807) is 52.7 Å². The van der Waals surface area contributed by atoms with Gasteiger partial charge in [-0.3, -0.25) is 9.78 Å². The molecule has 4 N–H and O–H groups in total. The van der Waals surface area contributed by atoms with E-state index in [0.717, 1.165) is 16.7 Å². The number of aliphatic hydroxyl groups is 2. The number of rotatable bonds is 15. The number of aromatic nitrogens is 2. The van der Waals surface area contributed by atoms with Crippen LogP contribution < -0.4 is 30.2 Å². The van der Waals surface area contributed by atoms with Gasteiger partial charge >= 0.3 is 5.69 Å². The van der Waals surface area contributed by atoms with E-state index in [4.69, 9.17) is 28.4 Å². The minimum absolute atomic E-state index is 0.103. The highest BCUT2D eigenvalue weighted by atomic mass is 16.6. The molecule has 0 saturated carbocycles. The second-order valence-electron chi connectivity index (χ2n) is 15.2. The summed E-state index contributed by atoms with van der Waals surface area (Å²) in [7, 11) is 6.32. The summed E-state index contributed by atoms with van der Waals surface area (Å²) < 4.78 is 36.6. The van der Waals surface area contributed by atoms with E-state index in [2.05, 4.69) is 9.97 Å². The number of aliphatic hydroxyl groups excluding tert-OH is 1. The molecule has 0 amide bonds. The summed E-state index contributed by atoms with van der Waals surface area (Å²) in [5.41, 5.74) is -3.16. The average molecular weight is 849 g/mol. The second kappa shape index (κ2) is 17.8. The fourth-order valence-corrected chi connectivity index (χ4v) is 9.12. The van der Waals surface area contributed by atoms with Crippen molar-refractivity contribution in [1.29, 1.82) is 0 Å². The maximum Gasteiger partial charge on any atom is 0.325 e.